The Morgan fingerprint density at radius 1 is 1.33 bits per heavy atom. The van der Waals surface area contributed by atoms with E-state index in [9.17, 15) is 4.79 Å². The Bertz CT molecular complexity index is 374. The summed E-state index contributed by atoms with van der Waals surface area (Å²) < 4.78 is 10.7. The SMILES string of the molecule is C[C@@H](CN1CCOCC1)OC(=O)c1ccccc1. The lowest BCUT2D eigenvalue weighted by atomic mass is 10.2. The topological polar surface area (TPSA) is 38.8 Å². The van der Waals surface area contributed by atoms with Gasteiger partial charge in [-0.2, -0.15) is 0 Å². The van der Waals surface area contributed by atoms with E-state index in [1.165, 1.54) is 0 Å². The molecule has 1 fully saturated rings. The van der Waals surface area contributed by atoms with E-state index in [2.05, 4.69) is 4.90 Å². The molecule has 1 atom stereocenters. The van der Waals surface area contributed by atoms with Gasteiger partial charge in [-0.25, -0.2) is 4.79 Å². The number of hydrogen-bond donors (Lipinski definition) is 0. The zero-order valence-corrected chi connectivity index (χ0v) is 10.7. The van der Waals surface area contributed by atoms with Gasteiger partial charge in [0, 0.05) is 19.6 Å². The molecule has 0 N–H and O–H groups in total. The van der Waals surface area contributed by atoms with Crippen molar-refractivity contribution in [3.8, 4) is 0 Å². The summed E-state index contributed by atoms with van der Waals surface area (Å²) in [4.78, 5) is 14.1. The predicted molar refractivity (Wildman–Crippen MR) is 68.6 cm³/mol. The first-order valence-electron chi connectivity index (χ1n) is 6.32. The summed E-state index contributed by atoms with van der Waals surface area (Å²) in [5.41, 5.74) is 0.603. The molecular weight excluding hydrogens is 230 g/mol. The van der Waals surface area contributed by atoms with Crippen LogP contribution in [0.5, 0.6) is 0 Å². The van der Waals surface area contributed by atoms with Gasteiger partial charge in [-0.15, -0.1) is 0 Å². The fourth-order valence-electron chi connectivity index (χ4n) is 2.01. The summed E-state index contributed by atoms with van der Waals surface area (Å²) >= 11 is 0. The molecule has 1 aliphatic heterocycles. The molecule has 0 saturated carbocycles. The average Bonchev–Trinajstić information content (AvgIpc) is 2.40. The van der Waals surface area contributed by atoms with Crippen LogP contribution in [0.1, 0.15) is 17.3 Å². The lowest BCUT2D eigenvalue weighted by molar-refractivity contribution is 0.000448. The van der Waals surface area contributed by atoms with Gasteiger partial charge in [-0.1, -0.05) is 18.2 Å². The molecule has 0 aliphatic carbocycles. The largest absolute Gasteiger partial charge is 0.458 e. The van der Waals surface area contributed by atoms with Gasteiger partial charge < -0.3 is 9.47 Å². The highest BCUT2D eigenvalue weighted by Gasteiger charge is 2.17. The van der Waals surface area contributed by atoms with Gasteiger partial charge in [-0.05, 0) is 19.1 Å². The van der Waals surface area contributed by atoms with Crippen LogP contribution in [0.15, 0.2) is 30.3 Å². The van der Waals surface area contributed by atoms with Gasteiger partial charge in [0.25, 0.3) is 0 Å². The minimum atomic E-state index is -0.253. The van der Waals surface area contributed by atoms with Crippen LogP contribution in [0.3, 0.4) is 0 Å². The molecule has 4 heteroatoms. The molecule has 0 bridgehead atoms. The Morgan fingerprint density at radius 2 is 2.00 bits per heavy atom. The molecule has 0 spiro atoms. The molecule has 0 radical (unpaired) electrons. The molecule has 1 heterocycles. The third-order valence-corrected chi connectivity index (χ3v) is 2.94. The van der Waals surface area contributed by atoms with Crippen molar-refractivity contribution in [2.24, 2.45) is 0 Å². The fraction of sp³-hybridized carbons (Fsp3) is 0.500. The third kappa shape index (κ3) is 3.82. The molecule has 2 rings (SSSR count). The van der Waals surface area contributed by atoms with Crippen molar-refractivity contribution in [1.29, 1.82) is 0 Å². The Balaban J connectivity index is 1.80. The Labute approximate surface area is 107 Å². The van der Waals surface area contributed by atoms with Crippen LogP contribution < -0.4 is 0 Å². The maximum Gasteiger partial charge on any atom is 0.338 e. The van der Waals surface area contributed by atoms with Gasteiger partial charge >= 0.3 is 5.97 Å². The maximum atomic E-state index is 11.8. The number of carbonyl (C=O) groups excluding carboxylic acids is 1. The van der Waals surface area contributed by atoms with Crippen LogP contribution in [0, 0.1) is 0 Å². The second-order valence-corrected chi connectivity index (χ2v) is 4.49. The lowest BCUT2D eigenvalue weighted by Gasteiger charge is -2.28. The van der Waals surface area contributed by atoms with Crippen molar-refractivity contribution >= 4 is 5.97 Å². The van der Waals surface area contributed by atoms with Crippen molar-refractivity contribution < 1.29 is 14.3 Å². The van der Waals surface area contributed by atoms with Crippen molar-refractivity contribution in [3.05, 3.63) is 35.9 Å². The quantitative estimate of drug-likeness (QED) is 0.759. The van der Waals surface area contributed by atoms with Crippen LogP contribution >= 0.6 is 0 Å². The molecular formula is C14H19NO3. The van der Waals surface area contributed by atoms with E-state index in [4.69, 9.17) is 9.47 Å². The Kier molecular flexibility index (Phi) is 4.73. The van der Waals surface area contributed by atoms with Crippen molar-refractivity contribution in [2.75, 3.05) is 32.8 Å². The van der Waals surface area contributed by atoms with E-state index in [-0.39, 0.29) is 12.1 Å². The molecule has 0 aromatic heterocycles. The molecule has 1 saturated heterocycles. The molecule has 0 unspecified atom stereocenters. The van der Waals surface area contributed by atoms with Gasteiger partial charge in [0.1, 0.15) is 6.10 Å². The summed E-state index contributed by atoms with van der Waals surface area (Å²) in [7, 11) is 0. The average molecular weight is 249 g/mol. The number of hydrogen-bond acceptors (Lipinski definition) is 4. The highest BCUT2D eigenvalue weighted by Crippen LogP contribution is 2.06. The van der Waals surface area contributed by atoms with E-state index in [1.807, 2.05) is 25.1 Å². The van der Waals surface area contributed by atoms with E-state index in [0.29, 0.717) is 5.56 Å². The summed E-state index contributed by atoms with van der Waals surface area (Å²) in [6.07, 6.45) is -0.101. The monoisotopic (exact) mass is 249 g/mol. The van der Waals surface area contributed by atoms with Gasteiger partial charge in [0.2, 0.25) is 0 Å². The lowest BCUT2D eigenvalue weighted by Crippen LogP contribution is -2.41. The number of rotatable bonds is 4. The van der Waals surface area contributed by atoms with Crippen LogP contribution in [0.2, 0.25) is 0 Å². The first-order chi connectivity index (χ1) is 8.75. The zero-order chi connectivity index (χ0) is 12.8. The Hall–Kier alpha value is -1.39. The molecule has 18 heavy (non-hydrogen) atoms. The second-order valence-electron chi connectivity index (χ2n) is 4.49. The van der Waals surface area contributed by atoms with E-state index in [1.54, 1.807) is 12.1 Å². The van der Waals surface area contributed by atoms with Gasteiger partial charge in [-0.3, -0.25) is 4.90 Å². The minimum absolute atomic E-state index is 0.101. The van der Waals surface area contributed by atoms with E-state index < -0.39 is 0 Å². The smallest absolute Gasteiger partial charge is 0.338 e. The van der Waals surface area contributed by atoms with Gasteiger partial charge in [0.15, 0.2) is 0 Å². The van der Waals surface area contributed by atoms with E-state index >= 15 is 0 Å². The normalized spacial score (nSPS) is 18.3. The van der Waals surface area contributed by atoms with Crippen molar-refractivity contribution in [3.63, 3.8) is 0 Å². The zero-order valence-electron chi connectivity index (χ0n) is 10.7. The van der Waals surface area contributed by atoms with E-state index in [0.717, 1.165) is 32.8 Å². The highest BCUT2D eigenvalue weighted by molar-refractivity contribution is 5.89. The molecule has 0 amide bonds. The third-order valence-electron chi connectivity index (χ3n) is 2.94. The van der Waals surface area contributed by atoms with Crippen LogP contribution in [0.4, 0.5) is 0 Å². The molecule has 4 nitrogen and oxygen atoms in total. The maximum absolute atomic E-state index is 11.8. The number of benzene rings is 1. The highest BCUT2D eigenvalue weighted by atomic mass is 16.5. The first kappa shape index (κ1) is 13.1. The van der Waals surface area contributed by atoms with Crippen LogP contribution in [-0.4, -0.2) is 49.8 Å². The molecule has 98 valence electrons. The summed E-state index contributed by atoms with van der Waals surface area (Å²) in [6.45, 7) is 6.04. The molecule has 1 aromatic rings. The number of esters is 1. The molecule has 1 aliphatic rings. The van der Waals surface area contributed by atoms with Crippen LogP contribution in [0.25, 0.3) is 0 Å². The summed E-state index contributed by atoms with van der Waals surface area (Å²) in [5.74, 6) is -0.253. The number of carbonyl (C=O) groups is 1. The second kappa shape index (κ2) is 6.52. The van der Waals surface area contributed by atoms with Crippen molar-refractivity contribution in [1.82, 2.24) is 4.90 Å². The molecule has 1 aromatic carbocycles. The van der Waals surface area contributed by atoms with Gasteiger partial charge in [0.05, 0.1) is 18.8 Å². The summed E-state index contributed by atoms with van der Waals surface area (Å²) in [5, 5.41) is 0. The van der Waals surface area contributed by atoms with Crippen LogP contribution in [-0.2, 0) is 9.47 Å². The minimum Gasteiger partial charge on any atom is -0.458 e. The number of ether oxygens (including phenoxy) is 2. The standard InChI is InChI=1S/C14H19NO3/c1-12(11-15-7-9-17-10-8-15)18-14(16)13-5-3-2-4-6-13/h2-6,12H,7-11H2,1H3/t12-/m0/s1. The number of nitrogens with zero attached hydrogens (tertiary/aromatic N) is 1. The Morgan fingerprint density at radius 3 is 2.67 bits per heavy atom. The first-order valence-corrected chi connectivity index (χ1v) is 6.32. The fourth-order valence-corrected chi connectivity index (χ4v) is 2.01. The summed E-state index contributed by atoms with van der Waals surface area (Å²) in [6, 6.07) is 9.09. The van der Waals surface area contributed by atoms with Crippen molar-refractivity contribution in [2.45, 2.75) is 13.0 Å². The number of morpholine rings is 1. The predicted octanol–water partition coefficient (Wildman–Crippen LogP) is 1.56.